The number of aromatic amines is 2. The number of aromatic hydroxyl groups is 1. The number of pyridine rings is 1. The first-order valence-corrected chi connectivity index (χ1v) is 12.7. The number of anilines is 2. The van der Waals surface area contributed by atoms with Gasteiger partial charge in [-0.05, 0) is 86.1 Å². The van der Waals surface area contributed by atoms with Gasteiger partial charge in [-0.25, -0.2) is 0 Å². The summed E-state index contributed by atoms with van der Waals surface area (Å²) in [6.45, 7) is 3.29. The predicted octanol–water partition coefficient (Wildman–Crippen LogP) is 6.20. The molecule has 0 bridgehead atoms. The number of H-pyrrole nitrogens is 2. The van der Waals surface area contributed by atoms with E-state index >= 15 is 0 Å². The van der Waals surface area contributed by atoms with E-state index in [4.69, 9.17) is 0 Å². The third kappa shape index (κ3) is 4.99. The van der Waals surface area contributed by atoms with Gasteiger partial charge in [-0.15, -0.1) is 0 Å². The lowest BCUT2D eigenvalue weighted by Crippen LogP contribution is -2.28. The van der Waals surface area contributed by atoms with Gasteiger partial charge in [0.1, 0.15) is 0 Å². The number of aromatic nitrogens is 2. The smallest absolute Gasteiger partial charge is 0.258 e. The van der Waals surface area contributed by atoms with Crippen LogP contribution in [0.2, 0.25) is 0 Å². The van der Waals surface area contributed by atoms with Crippen LogP contribution in [0.3, 0.4) is 0 Å². The zero-order valence-corrected chi connectivity index (χ0v) is 20.5. The van der Waals surface area contributed by atoms with Gasteiger partial charge >= 0.3 is 0 Å². The second-order valence-corrected chi connectivity index (χ2v) is 9.64. The Bertz CT molecular complexity index is 1640. The largest absolute Gasteiger partial charge is 0.494 e. The van der Waals surface area contributed by atoms with E-state index in [0.29, 0.717) is 16.3 Å². The van der Waals surface area contributed by atoms with Gasteiger partial charge in [0.2, 0.25) is 5.88 Å². The Morgan fingerprint density at radius 1 is 0.919 bits per heavy atom. The topological polar surface area (TPSA) is 96.5 Å². The summed E-state index contributed by atoms with van der Waals surface area (Å²) in [5.41, 5.74) is 4.99. The number of nitrogens with one attached hydrogen (secondary N) is 3. The summed E-state index contributed by atoms with van der Waals surface area (Å²) in [6, 6.07) is 21.8. The normalized spacial score (nSPS) is 14.6. The van der Waals surface area contributed by atoms with Crippen molar-refractivity contribution >= 4 is 45.0 Å². The van der Waals surface area contributed by atoms with Crippen LogP contribution in [-0.4, -0.2) is 39.3 Å². The van der Waals surface area contributed by atoms with E-state index in [1.807, 2.05) is 48.7 Å². The number of likely N-dealkylation sites (tertiary alicyclic amines) is 1. The van der Waals surface area contributed by atoms with Gasteiger partial charge in [0.15, 0.2) is 0 Å². The van der Waals surface area contributed by atoms with Crippen molar-refractivity contribution in [3.05, 3.63) is 94.4 Å². The number of nitrogens with zero attached hydrogens (tertiary/aromatic N) is 2. The lowest BCUT2D eigenvalue weighted by molar-refractivity contribution is 0.221. The van der Waals surface area contributed by atoms with Crippen molar-refractivity contribution in [2.75, 3.05) is 18.4 Å². The Morgan fingerprint density at radius 2 is 1.70 bits per heavy atom. The number of fused-ring (bicyclic) bond motifs is 2. The molecule has 0 aliphatic carbocycles. The summed E-state index contributed by atoms with van der Waals surface area (Å²) < 4.78 is 0. The van der Waals surface area contributed by atoms with E-state index in [1.54, 1.807) is 12.3 Å². The molecular formula is C30H29N5O2. The summed E-state index contributed by atoms with van der Waals surface area (Å²) in [5, 5.41) is 16.2. The molecule has 0 radical (unpaired) electrons. The van der Waals surface area contributed by atoms with Crippen LogP contribution in [0.1, 0.15) is 30.4 Å². The highest BCUT2D eigenvalue weighted by molar-refractivity contribution is 6.03. The Hall–Kier alpha value is -4.36. The van der Waals surface area contributed by atoms with Gasteiger partial charge in [-0.1, -0.05) is 18.6 Å². The average Bonchev–Trinajstić information content (AvgIpc) is 3.38. The summed E-state index contributed by atoms with van der Waals surface area (Å²) in [7, 11) is 0. The highest BCUT2D eigenvalue weighted by Gasteiger charge is 2.12. The number of aliphatic imine (C=N–C) groups is 1. The van der Waals surface area contributed by atoms with E-state index < -0.39 is 0 Å². The van der Waals surface area contributed by atoms with Crippen molar-refractivity contribution in [2.45, 2.75) is 25.8 Å². The molecule has 7 heteroatoms. The summed E-state index contributed by atoms with van der Waals surface area (Å²) in [4.78, 5) is 25.4. The Morgan fingerprint density at radius 3 is 2.54 bits per heavy atom. The van der Waals surface area contributed by atoms with Crippen LogP contribution in [0, 0.1) is 0 Å². The molecule has 186 valence electrons. The zero-order valence-electron chi connectivity index (χ0n) is 20.5. The SMILES string of the molecule is O=c1[nH]c(O)c(C=Nc2ccc(CN3CCCCC3)cc2)c2cc(Nc3ccc4[nH]ccc4c3)ccc12. The number of hydrogen-bond donors (Lipinski definition) is 4. The van der Waals surface area contributed by atoms with Crippen molar-refractivity contribution in [1.29, 1.82) is 0 Å². The molecule has 0 unspecified atom stereocenters. The fraction of sp³-hybridized carbons (Fsp3) is 0.200. The second-order valence-electron chi connectivity index (χ2n) is 9.64. The Labute approximate surface area is 214 Å². The first-order chi connectivity index (χ1) is 18.1. The minimum Gasteiger partial charge on any atom is -0.494 e. The molecular weight excluding hydrogens is 462 g/mol. The summed E-state index contributed by atoms with van der Waals surface area (Å²) >= 11 is 0. The molecule has 5 aromatic rings. The first-order valence-electron chi connectivity index (χ1n) is 12.7. The fourth-order valence-electron chi connectivity index (χ4n) is 5.04. The lowest BCUT2D eigenvalue weighted by Gasteiger charge is -2.26. The number of rotatable bonds is 6. The molecule has 37 heavy (non-hydrogen) atoms. The standard InChI is InChI=1S/C30H29N5O2/c36-29-25-10-8-24(33-23-9-11-28-21(16-23)12-13-31-28)17-26(25)27(30(37)34-29)18-32-22-6-4-20(5-7-22)19-35-14-2-1-3-15-35/h4-13,16-18,31,33H,1-3,14-15,19H2,(H2,34,36,37). The third-order valence-electron chi connectivity index (χ3n) is 7.02. The van der Waals surface area contributed by atoms with Crippen LogP contribution in [0.5, 0.6) is 5.88 Å². The van der Waals surface area contributed by atoms with Crippen LogP contribution in [0.4, 0.5) is 17.1 Å². The molecule has 1 saturated heterocycles. The van der Waals surface area contributed by atoms with E-state index in [9.17, 15) is 9.90 Å². The van der Waals surface area contributed by atoms with Crippen LogP contribution < -0.4 is 10.9 Å². The van der Waals surface area contributed by atoms with Gasteiger partial charge in [0.05, 0.1) is 11.3 Å². The van der Waals surface area contributed by atoms with Crippen LogP contribution in [0.15, 0.2) is 82.7 Å². The monoisotopic (exact) mass is 491 g/mol. The maximum atomic E-state index is 12.5. The molecule has 4 N–H and O–H groups in total. The maximum Gasteiger partial charge on any atom is 0.258 e. The predicted molar refractivity (Wildman–Crippen MR) is 151 cm³/mol. The molecule has 6 rings (SSSR count). The molecule has 1 fully saturated rings. The van der Waals surface area contributed by atoms with E-state index in [2.05, 4.69) is 43.4 Å². The van der Waals surface area contributed by atoms with Gasteiger partial charge in [0, 0.05) is 52.0 Å². The van der Waals surface area contributed by atoms with Crippen molar-refractivity contribution < 1.29 is 5.11 Å². The van der Waals surface area contributed by atoms with Gasteiger partial charge in [-0.3, -0.25) is 19.7 Å². The Kier molecular flexibility index (Phi) is 6.20. The molecule has 0 saturated carbocycles. The van der Waals surface area contributed by atoms with E-state index in [1.165, 1.54) is 24.8 Å². The minimum atomic E-state index is -0.341. The molecule has 0 amide bonds. The van der Waals surface area contributed by atoms with Gasteiger partial charge in [0.25, 0.3) is 5.56 Å². The molecule has 3 heterocycles. The quantitative estimate of drug-likeness (QED) is 0.213. The highest BCUT2D eigenvalue weighted by Crippen LogP contribution is 2.28. The van der Waals surface area contributed by atoms with Crippen molar-refractivity contribution in [3.8, 4) is 5.88 Å². The number of piperidine rings is 1. The first kappa shape index (κ1) is 23.1. The minimum absolute atomic E-state index is 0.200. The van der Waals surface area contributed by atoms with Crippen molar-refractivity contribution in [1.82, 2.24) is 14.9 Å². The molecule has 1 aliphatic heterocycles. The lowest BCUT2D eigenvalue weighted by atomic mass is 10.1. The number of hydrogen-bond acceptors (Lipinski definition) is 5. The fourth-order valence-corrected chi connectivity index (χ4v) is 5.04. The van der Waals surface area contributed by atoms with E-state index in [0.717, 1.165) is 47.6 Å². The van der Waals surface area contributed by atoms with Crippen molar-refractivity contribution in [3.63, 3.8) is 0 Å². The molecule has 1 aliphatic rings. The zero-order chi connectivity index (χ0) is 25.2. The maximum absolute atomic E-state index is 12.5. The van der Waals surface area contributed by atoms with Gasteiger partial charge < -0.3 is 15.4 Å². The third-order valence-corrected chi connectivity index (χ3v) is 7.02. The number of benzene rings is 3. The Balaban J connectivity index is 1.27. The summed E-state index contributed by atoms with van der Waals surface area (Å²) in [5.74, 6) is -0.200. The average molecular weight is 492 g/mol. The molecule has 3 aromatic carbocycles. The summed E-state index contributed by atoms with van der Waals surface area (Å²) in [6.07, 6.45) is 7.41. The molecule has 0 spiro atoms. The highest BCUT2D eigenvalue weighted by atomic mass is 16.3. The second kappa shape index (κ2) is 9.95. The molecule has 0 atom stereocenters. The van der Waals surface area contributed by atoms with Crippen LogP contribution in [0.25, 0.3) is 21.7 Å². The van der Waals surface area contributed by atoms with E-state index in [-0.39, 0.29) is 11.4 Å². The molecule has 2 aromatic heterocycles. The van der Waals surface area contributed by atoms with Gasteiger partial charge in [-0.2, -0.15) is 0 Å². The van der Waals surface area contributed by atoms with Crippen molar-refractivity contribution in [2.24, 2.45) is 4.99 Å². The molecule has 7 nitrogen and oxygen atoms in total. The van der Waals surface area contributed by atoms with Crippen LogP contribution in [-0.2, 0) is 6.54 Å². The van der Waals surface area contributed by atoms with Crippen LogP contribution >= 0.6 is 0 Å².